The van der Waals surface area contributed by atoms with Crippen molar-refractivity contribution in [1.82, 2.24) is 9.78 Å². The van der Waals surface area contributed by atoms with Gasteiger partial charge >= 0.3 is 5.97 Å². The smallest absolute Gasteiger partial charge is 0.337 e. The predicted molar refractivity (Wildman–Crippen MR) is 88.7 cm³/mol. The van der Waals surface area contributed by atoms with Crippen molar-refractivity contribution in [2.24, 2.45) is 10.2 Å². The molecule has 0 atom stereocenters. The highest BCUT2D eigenvalue weighted by atomic mass is 16.4. The molecule has 24 heavy (non-hydrogen) atoms. The highest BCUT2D eigenvalue weighted by molar-refractivity contribution is 5.93. The molecule has 0 unspecified atom stereocenters. The van der Waals surface area contributed by atoms with Crippen LogP contribution in [0.25, 0.3) is 5.69 Å². The minimum absolute atomic E-state index is 0.0258. The minimum atomic E-state index is -1.10. The first kappa shape index (κ1) is 15.4. The molecule has 0 amide bonds. The van der Waals surface area contributed by atoms with Gasteiger partial charge in [0.25, 0.3) is 5.56 Å². The molecule has 0 saturated carbocycles. The van der Waals surface area contributed by atoms with E-state index < -0.39 is 5.97 Å². The minimum Gasteiger partial charge on any atom is -0.478 e. The molecular formula is C17H14N4O3. The number of aromatic carboxylic acids is 1. The van der Waals surface area contributed by atoms with Gasteiger partial charge < -0.3 is 5.11 Å². The molecule has 0 saturated heterocycles. The zero-order valence-corrected chi connectivity index (χ0v) is 12.8. The van der Waals surface area contributed by atoms with Crippen LogP contribution in [0.2, 0.25) is 0 Å². The Morgan fingerprint density at radius 3 is 2.42 bits per heavy atom. The summed E-state index contributed by atoms with van der Waals surface area (Å²) < 4.78 is 1.37. The highest BCUT2D eigenvalue weighted by Gasteiger charge is 2.13. The van der Waals surface area contributed by atoms with Crippen LogP contribution in [-0.2, 0) is 0 Å². The van der Waals surface area contributed by atoms with E-state index in [4.69, 9.17) is 5.11 Å². The number of carbonyl (C=O) groups is 1. The number of para-hydroxylation sites is 1. The second kappa shape index (κ2) is 6.33. The van der Waals surface area contributed by atoms with E-state index in [-0.39, 0.29) is 22.5 Å². The van der Waals surface area contributed by atoms with E-state index in [0.29, 0.717) is 11.4 Å². The van der Waals surface area contributed by atoms with Crippen LogP contribution >= 0.6 is 0 Å². The zero-order valence-electron chi connectivity index (χ0n) is 12.8. The molecule has 0 aliphatic rings. The maximum absolute atomic E-state index is 12.5. The topological polar surface area (TPSA) is 99.8 Å². The molecule has 0 bridgehead atoms. The van der Waals surface area contributed by atoms with E-state index in [1.165, 1.54) is 16.8 Å². The molecule has 7 nitrogen and oxygen atoms in total. The first-order valence-electron chi connectivity index (χ1n) is 7.19. The van der Waals surface area contributed by atoms with Gasteiger partial charge in [-0.1, -0.05) is 30.3 Å². The molecule has 1 aromatic heterocycles. The Kier molecular flexibility index (Phi) is 4.07. The van der Waals surface area contributed by atoms with Crippen LogP contribution in [0.5, 0.6) is 0 Å². The van der Waals surface area contributed by atoms with Gasteiger partial charge in [-0.05, 0) is 31.2 Å². The number of aryl methyl sites for hydroxylation is 1. The van der Waals surface area contributed by atoms with Crippen LogP contribution in [-0.4, -0.2) is 20.9 Å². The summed E-state index contributed by atoms with van der Waals surface area (Å²) in [4.78, 5) is 23.7. The largest absolute Gasteiger partial charge is 0.478 e. The van der Waals surface area contributed by atoms with E-state index in [1.54, 1.807) is 31.2 Å². The first-order chi connectivity index (χ1) is 11.6. The number of hydrogen-bond acceptors (Lipinski definition) is 4. The van der Waals surface area contributed by atoms with Crippen LogP contribution in [0.15, 0.2) is 69.6 Å². The Hall–Kier alpha value is -3.48. The normalized spacial score (nSPS) is 11.0. The molecule has 0 radical (unpaired) electrons. The number of benzene rings is 2. The lowest BCUT2D eigenvalue weighted by Gasteiger charge is -1.99. The third-order valence-electron chi connectivity index (χ3n) is 3.45. The number of aromatic amines is 1. The number of azo groups is 1. The van der Waals surface area contributed by atoms with Crippen molar-refractivity contribution in [2.45, 2.75) is 6.92 Å². The molecule has 0 aliphatic heterocycles. The van der Waals surface area contributed by atoms with Crippen LogP contribution < -0.4 is 5.56 Å². The van der Waals surface area contributed by atoms with Gasteiger partial charge in [-0.2, -0.15) is 0 Å². The first-order valence-corrected chi connectivity index (χ1v) is 7.19. The fourth-order valence-electron chi connectivity index (χ4n) is 2.26. The highest BCUT2D eigenvalue weighted by Crippen LogP contribution is 2.22. The van der Waals surface area contributed by atoms with Gasteiger partial charge in [-0.3, -0.25) is 9.89 Å². The lowest BCUT2D eigenvalue weighted by molar-refractivity contribution is 0.0698. The number of nitrogens with zero attached hydrogens (tertiary/aromatic N) is 3. The van der Waals surface area contributed by atoms with E-state index in [9.17, 15) is 9.59 Å². The molecular weight excluding hydrogens is 308 g/mol. The molecule has 2 aromatic carbocycles. The summed E-state index contributed by atoms with van der Waals surface area (Å²) in [6, 6.07) is 15.3. The summed E-state index contributed by atoms with van der Waals surface area (Å²) >= 11 is 0. The quantitative estimate of drug-likeness (QED) is 0.718. The predicted octanol–water partition coefficient (Wildman–Crippen LogP) is 3.59. The fourth-order valence-corrected chi connectivity index (χ4v) is 2.26. The van der Waals surface area contributed by atoms with E-state index in [0.717, 1.165) is 0 Å². The zero-order chi connectivity index (χ0) is 17.1. The van der Waals surface area contributed by atoms with Gasteiger partial charge in [0.05, 0.1) is 16.9 Å². The number of aromatic nitrogens is 2. The molecule has 3 aromatic rings. The van der Waals surface area contributed by atoms with Crippen molar-refractivity contribution < 1.29 is 9.90 Å². The molecule has 0 aliphatic carbocycles. The third kappa shape index (κ3) is 2.87. The SMILES string of the molecule is Cc1[nH]n(-c2ccccc2)c(=O)c1/N=N/c1ccccc1C(=O)O. The summed E-state index contributed by atoms with van der Waals surface area (Å²) in [5.41, 5.74) is 1.22. The van der Waals surface area contributed by atoms with Crippen molar-refractivity contribution >= 4 is 17.3 Å². The average molecular weight is 322 g/mol. The van der Waals surface area contributed by atoms with Crippen LogP contribution in [0.4, 0.5) is 11.4 Å². The van der Waals surface area contributed by atoms with Gasteiger partial charge in [-0.25, -0.2) is 9.48 Å². The number of carboxylic acids is 1. The molecule has 7 heteroatoms. The number of H-pyrrole nitrogens is 1. The fraction of sp³-hybridized carbons (Fsp3) is 0.0588. The van der Waals surface area contributed by atoms with Crippen molar-refractivity contribution in [2.75, 3.05) is 0 Å². The molecule has 3 rings (SSSR count). The Bertz CT molecular complexity index is 971. The summed E-state index contributed by atoms with van der Waals surface area (Å²) in [5.74, 6) is -1.10. The Balaban J connectivity index is 2.02. The molecule has 120 valence electrons. The lowest BCUT2D eigenvalue weighted by atomic mass is 10.2. The summed E-state index contributed by atoms with van der Waals surface area (Å²) in [7, 11) is 0. The summed E-state index contributed by atoms with van der Waals surface area (Å²) in [6.45, 7) is 1.71. The van der Waals surface area contributed by atoms with Crippen LogP contribution in [0.3, 0.4) is 0 Å². The van der Waals surface area contributed by atoms with E-state index >= 15 is 0 Å². The van der Waals surface area contributed by atoms with Crippen molar-refractivity contribution in [3.05, 3.63) is 76.2 Å². The Labute approximate surface area is 136 Å². The summed E-state index contributed by atoms with van der Waals surface area (Å²) in [5, 5.41) is 20.0. The maximum Gasteiger partial charge on any atom is 0.337 e. The second-order valence-electron chi connectivity index (χ2n) is 5.08. The standard InChI is InChI=1S/C17H14N4O3/c1-11-15(16(22)21(20-11)12-7-3-2-4-8-12)19-18-14-10-6-5-9-13(14)17(23)24/h2-10,20H,1H3,(H,23,24)/b19-18+. The molecule has 1 heterocycles. The van der Waals surface area contributed by atoms with E-state index in [2.05, 4.69) is 15.3 Å². The van der Waals surface area contributed by atoms with E-state index in [1.807, 2.05) is 18.2 Å². The number of carboxylic acid groups (broad SMARTS) is 1. The third-order valence-corrected chi connectivity index (χ3v) is 3.45. The Morgan fingerprint density at radius 1 is 1.04 bits per heavy atom. The molecule has 0 spiro atoms. The maximum atomic E-state index is 12.5. The van der Waals surface area contributed by atoms with Crippen molar-refractivity contribution in [3.63, 3.8) is 0 Å². The average Bonchev–Trinajstić information content (AvgIpc) is 2.88. The summed E-state index contributed by atoms with van der Waals surface area (Å²) in [6.07, 6.45) is 0. The second-order valence-corrected chi connectivity index (χ2v) is 5.08. The van der Waals surface area contributed by atoms with Gasteiger partial charge in [0, 0.05) is 0 Å². The van der Waals surface area contributed by atoms with Crippen molar-refractivity contribution in [1.29, 1.82) is 0 Å². The van der Waals surface area contributed by atoms with Crippen molar-refractivity contribution in [3.8, 4) is 5.69 Å². The lowest BCUT2D eigenvalue weighted by Crippen LogP contribution is -2.13. The van der Waals surface area contributed by atoms with Gasteiger partial charge in [0.2, 0.25) is 0 Å². The van der Waals surface area contributed by atoms with Gasteiger partial charge in [0.1, 0.15) is 5.69 Å². The van der Waals surface area contributed by atoms with Gasteiger partial charge in [0.15, 0.2) is 5.69 Å². The number of hydrogen-bond donors (Lipinski definition) is 2. The van der Waals surface area contributed by atoms with Crippen LogP contribution in [0.1, 0.15) is 16.1 Å². The molecule has 0 fully saturated rings. The molecule has 2 N–H and O–H groups in total. The monoisotopic (exact) mass is 322 g/mol. The number of rotatable bonds is 4. The number of nitrogens with one attached hydrogen (secondary N) is 1. The Morgan fingerprint density at radius 2 is 1.71 bits per heavy atom. The van der Waals surface area contributed by atoms with Gasteiger partial charge in [-0.15, -0.1) is 10.2 Å². The van der Waals surface area contributed by atoms with Crippen LogP contribution in [0, 0.1) is 6.92 Å².